The Morgan fingerprint density at radius 3 is 2.86 bits per heavy atom. The molecule has 1 aromatic heterocycles. The molecule has 1 atom stereocenters. The standard InChI is InChI=1S/C16H20ClNO3S/c1-11(19)8-18-9-12-6-14(17)16(15(7-12)20-2)21-10-13-4-3-5-22-13/h3-7,11,18-19H,8-10H2,1-2H3/t11-/m1/s1. The van der Waals surface area contributed by atoms with Crippen molar-refractivity contribution in [3.8, 4) is 11.5 Å². The number of methoxy groups -OCH3 is 1. The molecular weight excluding hydrogens is 322 g/mol. The largest absolute Gasteiger partial charge is 0.493 e. The minimum Gasteiger partial charge on any atom is -0.493 e. The molecule has 0 aliphatic carbocycles. The highest BCUT2D eigenvalue weighted by Gasteiger charge is 2.12. The van der Waals surface area contributed by atoms with Gasteiger partial charge >= 0.3 is 0 Å². The summed E-state index contributed by atoms with van der Waals surface area (Å²) in [6, 6.07) is 7.74. The van der Waals surface area contributed by atoms with Crippen molar-refractivity contribution in [2.45, 2.75) is 26.2 Å². The highest BCUT2D eigenvalue weighted by molar-refractivity contribution is 7.09. The van der Waals surface area contributed by atoms with Crippen LogP contribution in [0.3, 0.4) is 0 Å². The molecule has 6 heteroatoms. The molecule has 0 aliphatic heterocycles. The summed E-state index contributed by atoms with van der Waals surface area (Å²) in [5, 5.41) is 14.9. The summed E-state index contributed by atoms with van der Waals surface area (Å²) in [4.78, 5) is 1.13. The van der Waals surface area contributed by atoms with Crippen LogP contribution < -0.4 is 14.8 Å². The maximum atomic E-state index is 9.26. The summed E-state index contributed by atoms with van der Waals surface area (Å²) >= 11 is 7.95. The van der Waals surface area contributed by atoms with Gasteiger partial charge in [-0.3, -0.25) is 0 Å². The summed E-state index contributed by atoms with van der Waals surface area (Å²) in [6.07, 6.45) is -0.384. The molecule has 0 spiro atoms. The predicted octanol–water partition coefficient (Wildman–Crippen LogP) is 3.46. The highest BCUT2D eigenvalue weighted by atomic mass is 35.5. The number of ether oxygens (including phenoxy) is 2. The van der Waals surface area contributed by atoms with Crippen LogP contribution in [0.4, 0.5) is 0 Å². The van der Waals surface area contributed by atoms with Crippen molar-refractivity contribution in [1.29, 1.82) is 0 Å². The normalized spacial score (nSPS) is 12.2. The van der Waals surface area contributed by atoms with Gasteiger partial charge < -0.3 is 19.9 Å². The van der Waals surface area contributed by atoms with Crippen molar-refractivity contribution in [2.75, 3.05) is 13.7 Å². The molecule has 2 rings (SSSR count). The van der Waals surface area contributed by atoms with E-state index in [1.807, 2.05) is 29.6 Å². The lowest BCUT2D eigenvalue weighted by atomic mass is 10.2. The van der Waals surface area contributed by atoms with Gasteiger partial charge in [0.2, 0.25) is 0 Å². The van der Waals surface area contributed by atoms with E-state index in [0.717, 1.165) is 10.4 Å². The number of aliphatic hydroxyl groups is 1. The van der Waals surface area contributed by atoms with Crippen molar-refractivity contribution in [1.82, 2.24) is 5.32 Å². The number of halogens is 1. The fourth-order valence-electron chi connectivity index (χ4n) is 1.98. The number of hydrogen-bond donors (Lipinski definition) is 2. The number of thiophene rings is 1. The average molecular weight is 342 g/mol. The molecule has 0 aliphatic rings. The summed E-state index contributed by atoms with van der Waals surface area (Å²) in [5.74, 6) is 1.16. The maximum absolute atomic E-state index is 9.26. The van der Waals surface area contributed by atoms with Crippen LogP contribution in [-0.4, -0.2) is 24.9 Å². The number of aliphatic hydroxyl groups excluding tert-OH is 1. The van der Waals surface area contributed by atoms with Gasteiger partial charge in [-0.05, 0) is 36.1 Å². The van der Waals surface area contributed by atoms with Crippen LogP contribution in [-0.2, 0) is 13.2 Å². The number of benzene rings is 1. The van der Waals surface area contributed by atoms with Gasteiger partial charge in [0.1, 0.15) is 6.61 Å². The van der Waals surface area contributed by atoms with E-state index in [-0.39, 0.29) is 6.10 Å². The second kappa shape index (κ2) is 8.39. The molecule has 2 aromatic rings. The molecule has 22 heavy (non-hydrogen) atoms. The molecule has 0 saturated heterocycles. The van der Waals surface area contributed by atoms with E-state index in [1.54, 1.807) is 25.4 Å². The first kappa shape index (κ1) is 17.1. The monoisotopic (exact) mass is 341 g/mol. The number of rotatable bonds is 8. The quantitative estimate of drug-likeness (QED) is 0.772. The van der Waals surface area contributed by atoms with E-state index in [9.17, 15) is 5.11 Å². The minimum atomic E-state index is -0.384. The average Bonchev–Trinajstić information content (AvgIpc) is 2.98. The van der Waals surface area contributed by atoms with Gasteiger partial charge in [0.05, 0.1) is 18.2 Å². The zero-order chi connectivity index (χ0) is 15.9. The highest BCUT2D eigenvalue weighted by Crippen LogP contribution is 2.37. The second-order valence-corrected chi connectivity index (χ2v) is 6.40. The molecule has 0 fully saturated rings. The Morgan fingerprint density at radius 2 is 2.23 bits per heavy atom. The molecule has 0 bridgehead atoms. The summed E-state index contributed by atoms with van der Waals surface area (Å²) in [6.45, 7) is 3.33. The first-order valence-corrected chi connectivity index (χ1v) is 8.26. The minimum absolute atomic E-state index is 0.384. The van der Waals surface area contributed by atoms with E-state index < -0.39 is 0 Å². The molecule has 1 aromatic carbocycles. The fourth-order valence-corrected chi connectivity index (χ4v) is 2.88. The van der Waals surface area contributed by atoms with Crippen LogP contribution >= 0.6 is 22.9 Å². The van der Waals surface area contributed by atoms with Crippen LogP contribution in [0.5, 0.6) is 11.5 Å². The summed E-state index contributed by atoms with van der Waals surface area (Å²) in [5.41, 5.74) is 0.978. The fraction of sp³-hybridized carbons (Fsp3) is 0.375. The molecule has 0 unspecified atom stereocenters. The van der Waals surface area contributed by atoms with Crippen molar-refractivity contribution in [3.63, 3.8) is 0 Å². The van der Waals surface area contributed by atoms with Gasteiger partial charge in [-0.25, -0.2) is 0 Å². The predicted molar refractivity (Wildman–Crippen MR) is 90.0 cm³/mol. The number of nitrogens with one attached hydrogen (secondary N) is 1. The van der Waals surface area contributed by atoms with Crippen LogP contribution in [0.25, 0.3) is 0 Å². The Balaban J connectivity index is 2.06. The smallest absolute Gasteiger partial charge is 0.180 e. The molecule has 0 amide bonds. The summed E-state index contributed by atoms with van der Waals surface area (Å²) in [7, 11) is 1.59. The molecule has 2 N–H and O–H groups in total. The third-order valence-corrected chi connectivity index (χ3v) is 4.13. The molecule has 0 saturated carbocycles. The molecule has 120 valence electrons. The van der Waals surface area contributed by atoms with Crippen LogP contribution in [0.15, 0.2) is 29.6 Å². The second-order valence-electron chi connectivity index (χ2n) is 4.96. The Hall–Kier alpha value is -1.27. The van der Waals surface area contributed by atoms with E-state index in [1.165, 1.54) is 0 Å². The summed E-state index contributed by atoms with van der Waals surface area (Å²) < 4.78 is 11.2. The molecular formula is C16H20ClNO3S. The Morgan fingerprint density at radius 1 is 1.41 bits per heavy atom. The van der Waals surface area contributed by atoms with Crippen molar-refractivity contribution >= 4 is 22.9 Å². The SMILES string of the molecule is COc1cc(CNC[C@@H](C)O)cc(Cl)c1OCc1cccs1. The van der Waals surface area contributed by atoms with E-state index >= 15 is 0 Å². The topological polar surface area (TPSA) is 50.7 Å². The lowest BCUT2D eigenvalue weighted by Gasteiger charge is -2.14. The Kier molecular flexibility index (Phi) is 6.51. The molecule has 1 heterocycles. The zero-order valence-electron chi connectivity index (χ0n) is 12.6. The Labute approximate surface area is 139 Å². The Bertz CT molecular complexity index is 587. The van der Waals surface area contributed by atoms with Gasteiger partial charge in [-0.2, -0.15) is 0 Å². The number of hydrogen-bond acceptors (Lipinski definition) is 5. The van der Waals surface area contributed by atoms with Crippen LogP contribution in [0.1, 0.15) is 17.4 Å². The van der Waals surface area contributed by atoms with Crippen LogP contribution in [0.2, 0.25) is 5.02 Å². The zero-order valence-corrected chi connectivity index (χ0v) is 14.2. The van der Waals surface area contributed by atoms with Gasteiger partial charge in [-0.15, -0.1) is 11.3 Å². The van der Waals surface area contributed by atoms with Gasteiger partial charge in [-0.1, -0.05) is 17.7 Å². The third kappa shape index (κ3) is 4.88. The molecule has 4 nitrogen and oxygen atoms in total. The van der Waals surface area contributed by atoms with Gasteiger partial charge in [0.25, 0.3) is 0 Å². The van der Waals surface area contributed by atoms with Crippen molar-refractivity contribution in [2.24, 2.45) is 0 Å². The first-order chi connectivity index (χ1) is 10.6. The first-order valence-electron chi connectivity index (χ1n) is 7.00. The van der Waals surface area contributed by atoms with Gasteiger partial charge in [0.15, 0.2) is 11.5 Å². The van der Waals surface area contributed by atoms with Crippen molar-refractivity contribution in [3.05, 3.63) is 45.1 Å². The van der Waals surface area contributed by atoms with E-state index in [2.05, 4.69) is 5.32 Å². The van der Waals surface area contributed by atoms with Gasteiger partial charge in [0, 0.05) is 18.0 Å². The van der Waals surface area contributed by atoms with Crippen LogP contribution in [0, 0.1) is 0 Å². The lowest BCUT2D eigenvalue weighted by Crippen LogP contribution is -2.23. The van der Waals surface area contributed by atoms with E-state index in [0.29, 0.717) is 36.2 Å². The van der Waals surface area contributed by atoms with Crippen molar-refractivity contribution < 1.29 is 14.6 Å². The molecule has 0 radical (unpaired) electrons. The lowest BCUT2D eigenvalue weighted by molar-refractivity contribution is 0.191. The maximum Gasteiger partial charge on any atom is 0.180 e. The third-order valence-electron chi connectivity index (χ3n) is 3.00. The van der Waals surface area contributed by atoms with E-state index in [4.69, 9.17) is 21.1 Å².